The van der Waals surface area contributed by atoms with Gasteiger partial charge in [0.25, 0.3) is 0 Å². The minimum atomic E-state index is -4.40. The van der Waals surface area contributed by atoms with E-state index in [4.69, 9.17) is 0 Å². The van der Waals surface area contributed by atoms with Crippen LogP contribution >= 0.6 is 0 Å². The summed E-state index contributed by atoms with van der Waals surface area (Å²) < 4.78 is 35.6. The average Bonchev–Trinajstić information content (AvgIpc) is 2.19. The van der Waals surface area contributed by atoms with Crippen LogP contribution in [-0.2, 0) is 4.79 Å². The number of carbonyl (C=O) groups is 1. The van der Waals surface area contributed by atoms with Gasteiger partial charge in [-0.15, -0.1) is 0 Å². The van der Waals surface area contributed by atoms with Gasteiger partial charge in [-0.05, 0) is 13.3 Å². The van der Waals surface area contributed by atoms with Crippen LogP contribution < -0.4 is 0 Å². The first-order chi connectivity index (χ1) is 7.38. The second-order valence-corrected chi connectivity index (χ2v) is 3.43. The number of alkyl halides is 3. The van der Waals surface area contributed by atoms with Crippen LogP contribution in [-0.4, -0.2) is 30.1 Å². The maximum Gasteiger partial charge on any atom is 0.397 e. The number of rotatable bonds is 1. The zero-order valence-corrected chi connectivity index (χ0v) is 9.90. The van der Waals surface area contributed by atoms with E-state index in [2.05, 4.69) is 0 Å². The molecule has 1 aliphatic rings. The standard InChI is InChI=1S/C9H12F3NO.C2H6/c1-7-2-4-13(5-3-7)8(14)6-9(10,11)12;1-2/h2H,3-6H2,1H3;1-2H3. The molecule has 0 aromatic heterocycles. The number of halogens is 3. The molecule has 0 saturated heterocycles. The van der Waals surface area contributed by atoms with Crippen LogP contribution in [0.25, 0.3) is 0 Å². The molecule has 0 aromatic rings. The van der Waals surface area contributed by atoms with Crippen molar-refractivity contribution in [3.8, 4) is 0 Å². The topological polar surface area (TPSA) is 20.3 Å². The lowest BCUT2D eigenvalue weighted by Gasteiger charge is -2.25. The van der Waals surface area contributed by atoms with E-state index >= 15 is 0 Å². The average molecular weight is 237 g/mol. The molecule has 2 nitrogen and oxygen atoms in total. The van der Waals surface area contributed by atoms with Crippen molar-refractivity contribution in [2.45, 2.75) is 39.8 Å². The van der Waals surface area contributed by atoms with Gasteiger partial charge in [0, 0.05) is 13.1 Å². The summed E-state index contributed by atoms with van der Waals surface area (Å²) in [7, 11) is 0. The van der Waals surface area contributed by atoms with E-state index in [1.54, 1.807) is 6.08 Å². The maximum atomic E-state index is 11.9. The van der Waals surface area contributed by atoms with E-state index in [1.807, 2.05) is 20.8 Å². The Morgan fingerprint density at radius 2 is 2.00 bits per heavy atom. The van der Waals surface area contributed by atoms with Crippen molar-refractivity contribution in [2.75, 3.05) is 13.1 Å². The second-order valence-electron chi connectivity index (χ2n) is 3.43. The van der Waals surface area contributed by atoms with Gasteiger partial charge in [0.15, 0.2) is 0 Å². The van der Waals surface area contributed by atoms with Gasteiger partial charge in [-0.2, -0.15) is 13.2 Å². The van der Waals surface area contributed by atoms with Crippen LogP contribution in [0.4, 0.5) is 13.2 Å². The molecule has 0 fully saturated rings. The fourth-order valence-corrected chi connectivity index (χ4v) is 1.28. The Morgan fingerprint density at radius 1 is 1.44 bits per heavy atom. The first-order valence-corrected chi connectivity index (χ1v) is 5.38. The molecule has 1 amide bonds. The summed E-state index contributed by atoms with van der Waals surface area (Å²) in [4.78, 5) is 12.3. The summed E-state index contributed by atoms with van der Waals surface area (Å²) in [5.41, 5.74) is 1.13. The van der Waals surface area contributed by atoms with E-state index in [0.29, 0.717) is 19.5 Å². The number of carbonyl (C=O) groups excluding carboxylic acids is 1. The highest BCUT2D eigenvalue weighted by Crippen LogP contribution is 2.21. The van der Waals surface area contributed by atoms with Crippen LogP contribution in [0.15, 0.2) is 11.6 Å². The highest BCUT2D eigenvalue weighted by molar-refractivity contribution is 5.77. The third kappa shape index (κ3) is 5.78. The molecule has 1 rings (SSSR count). The maximum absolute atomic E-state index is 11.9. The molecule has 0 spiro atoms. The lowest BCUT2D eigenvalue weighted by Crippen LogP contribution is -2.37. The van der Waals surface area contributed by atoms with Crippen molar-refractivity contribution in [1.29, 1.82) is 0 Å². The van der Waals surface area contributed by atoms with E-state index in [9.17, 15) is 18.0 Å². The summed E-state index contributed by atoms with van der Waals surface area (Å²) in [5, 5.41) is 0. The Labute approximate surface area is 94.1 Å². The number of nitrogens with zero attached hydrogens (tertiary/aromatic N) is 1. The summed E-state index contributed by atoms with van der Waals surface area (Å²) in [6, 6.07) is 0. The Morgan fingerprint density at radius 3 is 2.38 bits per heavy atom. The predicted octanol–water partition coefficient (Wildman–Crippen LogP) is 3.14. The quantitative estimate of drug-likeness (QED) is 0.641. The largest absolute Gasteiger partial charge is 0.397 e. The SMILES string of the molecule is CC.CC1=CCN(C(=O)CC(F)(F)F)CC1. The summed E-state index contributed by atoms with van der Waals surface area (Å²) >= 11 is 0. The lowest BCUT2D eigenvalue weighted by atomic mass is 10.1. The van der Waals surface area contributed by atoms with E-state index in [0.717, 1.165) is 5.57 Å². The van der Waals surface area contributed by atoms with Crippen molar-refractivity contribution in [3.63, 3.8) is 0 Å². The monoisotopic (exact) mass is 237 g/mol. The molecule has 1 aliphatic heterocycles. The smallest absolute Gasteiger partial charge is 0.338 e. The zero-order valence-electron chi connectivity index (χ0n) is 9.90. The van der Waals surface area contributed by atoms with Gasteiger partial charge in [-0.3, -0.25) is 4.79 Å². The van der Waals surface area contributed by atoms with E-state index < -0.39 is 18.5 Å². The van der Waals surface area contributed by atoms with Gasteiger partial charge >= 0.3 is 6.18 Å². The molecule has 0 bridgehead atoms. The first kappa shape index (κ1) is 15.0. The highest BCUT2D eigenvalue weighted by Gasteiger charge is 2.33. The molecule has 16 heavy (non-hydrogen) atoms. The molecule has 0 unspecified atom stereocenters. The fourth-order valence-electron chi connectivity index (χ4n) is 1.28. The molecule has 0 radical (unpaired) electrons. The molecule has 94 valence electrons. The molecule has 0 N–H and O–H groups in total. The normalized spacial score (nSPS) is 16.1. The molecule has 0 aliphatic carbocycles. The molecular weight excluding hydrogens is 219 g/mol. The predicted molar refractivity (Wildman–Crippen MR) is 57.0 cm³/mol. The van der Waals surface area contributed by atoms with Crippen molar-refractivity contribution >= 4 is 5.91 Å². The second kappa shape index (κ2) is 6.55. The third-order valence-corrected chi connectivity index (χ3v) is 2.14. The van der Waals surface area contributed by atoms with Gasteiger partial charge < -0.3 is 4.90 Å². The van der Waals surface area contributed by atoms with Crippen molar-refractivity contribution < 1.29 is 18.0 Å². The zero-order chi connectivity index (χ0) is 12.8. The number of amides is 1. The summed E-state index contributed by atoms with van der Waals surface area (Å²) in [6.07, 6.45) is -3.28. The van der Waals surface area contributed by atoms with Gasteiger partial charge in [-0.1, -0.05) is 25.5 Å². The molecule has 0 saturated carbocycles. The van der Waals surface area contributed by atoms with Crippen LogP contribution in [0.3, 0.4) is 0 Å². The van der Waals surface area contributed by atoms with E-state index in [1.165, 1.54) is 4.90 Å². The number of hydrogen-bond donors (Lipinski definition) is 0. The van der Waals surface area contributed by atoms with Gasteiger partial charge in [0.2, 0.25) is 5.91 Å². The summed E-state index contributed by atoms with van der Waals surface area (Å²) in [5.74, 6) is -0.832. The number of hydrogen-bond acceptors (Lipinski definition) is 1. The van der Waals surface area contributed by atoms with Crippen molar-refractivity contribution in [2.24, 2.45) is 0 Å². The molecule has 1 heterocycles. The molecule has 0 atom stereocenters. The van der Waals surface area contributed by atoms with E-state index in [-0.39, 0.29) is 0 Å². The Balaban J connectivity index is 0.00000106. The van der Waals surface area contributed by atoms with Crippen molar-refractivity contribution in [1.82, 2.24) is 4.90 Å². The Hall–Kier alpha value is -1.00. The minimum Gasteiger partial charge on any atom is -0.338 e. The van der Waals surface area contributed by atoms with Gasteiger partial charge in [-0.25, -0.2) is 0 Å². The van der Waals surface area contributed by atoms with Gasteiger partial charge in [0.1, 0.15) is 6.42 Å². The highest BCUT2D eigenvalue weighted by atomic mass is 19.4. The van der Waals surface area contributed by atoms with Crippen LogP contribution in [0.1, 0.15) is 33.6 Å². The van der Waals surface area contributed by atoms with Crippen LogP contribution in [0.2, 0.25) is 0 Å². The van der Waals surface area contributed by atoms with Gasteiger partial charge in [0.05, 0.1) is 0 Å². The van der Waals surface area contributed by atoms with Crippen molar-refractivity contribution in [3.05, 3.63) is 11.6 Å². The van der Waals surface area contributed by atoms with Crippen LogP contribution in [0.5, 0.6) is 0 Å². The fraction of sp³-hybridized carbons (Fsp3) is 0.727. The third-order valence-electron chi connectivity index (χ3n) is 2.14. The minimum absolute atomic E-state index is 0.306. The Kier molecular flexibility index (Phi) is 6.14. The van der Waals surface area contributed by atoms with Crippen LogP contribution in [0, 0.1) is 0 Å². The molecule has 5 heteroatoms. The summed E-state index contributed by atoms with van der Waals surface area (Å²) in [6.45, 7) is 6.61. The Bertz CT molecular complexity index is 258. The lowest BCUT2D eigenvalue weighted by molar-refractivity contribution is -0.161. The molecular formula is C11H18F3NO. The first-order valence-electron chi connectivity index (χ1n) is 5.38. The molecule has 0 aromatic carbocycles.